The van der Waals surface area contributed by atoms with Gasteiger partial charge in [0.05, 0.1) is 5.69 Å². The van der Waals surface area contributed by atoms with Gasteiger partial charge in [0.25, 0.3) is 5.56 Å². The highest BCUT2D eigenvalue weighted by atomic mass is 16.2. The zero-order valence-electron chi connectivity index (χ0n) is 12.1. The van der Waals surface area contributed by atoms with Crippen molar-refractivity contribution in [2.45, 2.75) is 34.2 Å². The fourth-order valence-electron chi connectivity index (χ4n) is 1.98. The van der Waals surface area contributed by atoms with Gasteiger partial charge in [-0.15, -0.1) is 0 Å². The van der Waals surface area contributed by atoms with Crippen LogP contribution in [0.4, 0.5) is 5.69 Å². The molecule has 20 heavy (non-hydrogen) atoms. The Labute approximate surface area is 116 Å². The summed E-state index contributed by atoms with van der Waals surface area (Å²) in [4.78, 5) is 26.4. The number of hydrogen-bond donors (Lipinski definition) is 2. The van der Waals surface area contributed by atoms with E-state index < -0.39 is 0 Å². The largest absolute Gasteiger partial charge is 0.324 e. The van der Waals surface area contributed by atoms with Crippen molar-refractivity contribution in [2.24, 2.45) is 0 Å². The summed E-state index contributed by atoms with van der Waals surface area (Å²) in [5, 5.41) is 6.84. The first-order valence-electron chi connectivity index (χ1n) is 6.38. The average Bonchev–Trinajstić information content (AvgIpc) is 2.64. The number of carbonyl (C=O) groups excluding carboxylic acids is 1. The van der Waals surface area contributed by atoms with E-state index in [1.807, 2.05) is 33.8 Å². The molecule has 2 heterocycles. The second-order valence-corrected chi connectivity index (χ2v) is 4.95. The molecule has 106 valence electrons. The van der Waals surface area contributed by atoms with Gasteiger partial charge in [0.15, 0.2) is 0 Å². The molecule has 2 aromatic rings. The van der Waals surface area contributed by atoms with Crippen LogP contribution in [0.2, 0.25) is 0 Å². The molecule has 6 nitrogen and oxygen atoms in total. The van der Waals surface area contributed by atoms with E-state index >= 15 is 0 Å². The van der Waals surface area contributed by atoms with Crippen LogP contribution in [0.15, 0.2) is 16.9 Å². The maximum Gasteiger partial charge on any atom is 0.271 e. The topological polar surface area (TPSA) is 79.8 Å². The minimum absolute atomic E-state index is 0.0893. The first-order valence-corrected chi connectivity index (χ1v) is 6.38. The van der Waals surface area contributed by atoms with Crippen molar-refractivity contribution in [2.75, 3.05) is 5.32 Å². The van der Waals surface area contributed by atoms with Crippen LogP contribution in [-0.4, -0.2) is 20.7 Å². The number of nitrogens with one attached hydrogen (secondary N) is 2. The zero-order chi connectivity index (χ0) is 14.9. The summed E-state index contributed by atoms with van der Waals surface area (Å²) in [7, 11) is 0. The van der Waals surface area contributed by atoms with Gasteiger partial charge in [-0.1, -0.05) is 0 Å². The van der Waals surface area contributed by atoms with Gasteiger partial charge in [-0.25, -0.2) is 0 Å². The lowest BCUT2D eigenvalue weighted by Gasteiger charge is -2.08. The summed E-state index contributed by atoms with van der Waals surface area (Å²) >= 11 is 0. The monoisotopic (exact) mass is 274 g/mol. The van der Waals surface area contributed by atoms with E-state index in [9.17, 15) is 9.59 Å². The molecule has 0 saturated heterocycles. The minimum atomic E-state index is -0.296. The van der Waals surface area contributed by atoms with Crippen LogP contribution in [0.5, 0.6) is 0 Å². The average molecular weight is 274 g/mol. The highest BCUT2D eigenvalue weighted by Gasteiger charge is 2.10. The molecule has 0 aliphatic rings. The van der Waals surface area contributed by atoms with E-state index in [2.05, 4.69) is 15.4 Å². The lowest BCUT2D eigenvalue weighted by molar-refractivity contribution is -0.116. The number of pyridine rings is 1. The maximum atomic E-state index is 12.0. The second-order valence-electron chi connectivity index (χ2n) is 4.95. The van der Waals surface area contributed by atoms with Gasteiger partial charge in [-0.2, -0.15) is 5.10 Å². The molecule has 0 saturated carbocycles. The summed E-state index contributed by atoms with van der Waals surface area (Å²) in [5.41, 5.74) is 3.46. The standard InChI is InChI=1S/C14H18N4O2/c1-8-5-12(14(20)15-11(8)4)16-13(19)7-18-10(3)6-9(2)17-18/h5-6H,7H2,1-4H3,(H,15,20)(H,16,19). The Hall–Kier alpha value is -2.37. The van der Waals surface area contributed by atoms with Crippen molar-refractivity contribution >= 4 is 11.6 Å². The molecular formula is C14H18N4O2. The van der Waals surface area contributed by atoms with Crippen LogP contribution in [0.25, 0.3) is 0 Å². The molecule has 0 atom stereocenters. The molecular weight excluding hydrogens is 256 g/mol. The molecule has 1 amide bonds. The normalized spacial score (nSPS) is 10.6. The van der Waals surface area contributed by atoms with Crippen LogP contribution < -0.4 is 10.9 Å². The smallest absolute Gasteiger partial charge is 0.271 e. The number of amides is 1. The Morgan fingerprint density at radius 1 is 1.30 bits per heavy atom. The Bertz CT molecular complexity index is 712. The zero-order valence-corrected chi connectivity index (χ0v) is 12.1. The van der Waals surface area contributed by atoms with Gasteiger partial charge >= 0.3 is 0 Å². The van der Waals surface area contributed by atoms with Crippen LogP contribution in [0.3, 0.4) is 0 Å². The molecule has 0 unspecified atom stereocenters. The summed E-state index contributed by atoms with van der Waals surface area (Å²) in [5.74, 6) is -0.273. The minimum Gasteiger partial charge on any atom is -0.324 e. The Balaban J connectivity index is 2.14. The molecule has 2 aromatic heterocycles. The lowest BCUT2D eigenvalue weighted by Crippen LogP contribution is -2.25. The van der Waals surface area contributed by atoms with E-state index in [4.69, 9.17) is 0 Å². The summed E-state index contributed by atoms with van der Waals surface area (Å²) in [6.07, 6.45) is 0. The summed E-state index contributed by atoms with van der Waals surface area (Å²) < 4.78 is 1.61. The number of rotatable bonds is 3. The van der Waals surface area contributed by atoms with E-state index in [0.717, 1.165) is 22.6 Å². The number of aromatic amines is 1. The number of aromatic nitrogens is 3. The molecule has 0 aromatic carbocycles. The van der Waals surface area contributed by atoms with Crippen molar-refractivity contribution in [3.8, 4) is 0 Å². The highest BCUT2D eigenvalue weighted by molar-refractivity contribution is 5.90. The Kier molecular flexibility index (Phi) is 3.74. The van der Waals surface area contributed by atoms with Crippen LogP contribution in [-0.2, 0) is 11.3 Å². The van der Waals surface area contributed by atoms with Gasteiger partial charge in [-0.05, 0) is 45.4 Å². The third-order valence-corrected chi connectivity index (χ3v) is 3.17. The number of H-pyrrole nitrogens is 1. The highest BCUT2D eigenvalue weighted by Crippen LogP contribution is 2.07. The van der Waals surface area contributed by atoms with Gasteiger partial charge in [0.1, 0.15) is 12.2 Å². The van der Waals surface area contributed by atoms with Crippen LogP contribution in [0.1, 0.15) is 22.6 Å². The lowest BCUT2D eigenvalue weighted by atomic mass is 10.2. The SMILES string of the molecule is Cc1cc(C)n(CC(=O)Nc2cc(C)c(C)[nH]c2=O)n1. The number of hydrogen-bond acceptors (Lipinski definition) is 3. The van der Waals surface area contributed by atoms with Gasteiger partial charge in [-0.3, -0.25) is 14.3 Å². The van der Waals surface area contributed by atoms with E-state index in [-0.39, 0.29) is 23.7 Å². The van der Waals surface area contributed by atoms with Crippen LogP contribution in [0, 0.1) is 27.7 Å². The predicted octanol–water partition coefficient (Wildman–Crippen LogP) is 1.44. The fourth-order valence-corrected chi connectivity index (χ4v) is 1.98. The van der Waals surface area contributed by atoms with Gasteiger partial charge in [0.2, 0.25) is 5.91 Å². The summed E-state index contributed by atoms with van der Waals surface area (Å²) in [6, 6.07) is 3.57. The van der Waals surface area contributed by atoms with Gasteiger partial charge < -0.3 is 10.3 Å². The third kappa shape index (κ3) is 2.96. The predicted molar refractivity (Wildman–Crippen MR) is 76.9 cm³/mol. The molecule has 0 bridgehead atoms. The van der Waals surface area contributed by atoms with Crippen LogP contribution >= 0.6 is 0 Å². The van der Waals surface area contributed by atoms with Crippen molar-refractivity contribution < 1.29 is 4.79 Å². The van der Waals surface area contributed by atoms with Gasteiger partial charge in [0, 0.05) is 11.4 Å². The Morgan fingerprint density at radius 3 is 2.60 bits per heavy atom. The third-order valence-electron chi connectivity index (χ3n) is 3.17. The van der Waals surface area contributed by atoms with Crippen molar-refractivity contribution in [3.63, 3.8) is 0 Å². The molecule has 0 aliphatic heterocycles. The molecule has 0 aliphatic carbocycles. The quantitative estimate of drug-likeness (QED) is 0.889. The van der Waals surface area contributed by atoms with Crippen molar-refractivity contribution in [3.05, 3.63) is 45.1 Å². The molecule has 0 radical (unpaired) electrons. The summed E-state index contributed by atoms with van der Waals surface area (Å²) in [6.45, 7) is 7.54. The number of anilines is 1. The van der Waals surface area contributed by atoms with E-state index in [1.54, 1.807) is 10.7 Å². The molecule has 0 fully saturated rings. The van der Waals surface area contributed by atoms with Crippen molar-refractivity contribution in [1.82, 2.24) is 14.8 Å². The fraction of sp³-hybridized carbons (Fsp3) is 0.357. The number of carbonyl (C=O) groups is 1. The van der Waals surface area contributed by atoms with E-state index in [0.29, 0.717) is 0 Å². The van der Waals surface area contributed by atoms with E-state index in [1.165, 1.54) is 0 Å². The van der Waals surface area contributed by atoms with Crippen molar-refractivity contribution in [1.29, 1.82) is 0 Å². The Morgan fingerprint density at radius 2 is 2.00 bits per heavy atom. The second kappa shape index (κ2) is 5.32. The molecule has 0 spiro atoms. The molecule has 6 heteroatoms. The molecule has 2 rings (SSSR count). The first-order chi connectivity index (χ1) is 9.36. The number of aryl methyl sites for hydroxylation is 4. The first kappa shape index (κ1) is 14.0. The molecule has 2 N–H and O–H groups in total. The maximum absolute atomic E-state index is 12.0. The number of nitrogens with zero attached hydrogens (tertiary/aromatic N) is 2.